The lowest BCUT2D eigenvalue weighted by atomic mass is 9.78. The number of nitrogens with zero attached hydrogens (tertiary/aromatic N) is 4. The number of anilines is 1. The third kappa shape index (κ3) is 4.09. The van der Waals surface area contributed by atoms with E-state index in [4.69, 9.17) is 13.7 Å². The van der Waals surface area contributed by atoms with E-state index in [0.29, 0.717) is 45.3 Å². The summed E-state index contributed by atoms with van der Waals surface area (Å²) in [6.07, 6.45) is 1.64. The predicted octanol–water partition coefficient (Wildman–Crippen LogP) is 3.12. The van der Waals surface area contributed by atoms with Gasteiger partial charge in [0.25, 0.3) is 0 Å². The first-order chi connectivity index (χ1) is 16.8. The van der Waals surface area contributed by atoms with Gasteiger partial charge >= 0.3 is 13.1 Å². The molecule has 178 valence electrons. The Balaban J connectivity index is 1.49. The second-order valence-corrected chi connectivity index (χ2v) is 8.48. The summed E-state index contributed by atoms with van der Waals surface area (Å²) < 4.78 is 16.3. The second kappa shape index (κ2) is 9.01. The monoisotopic (exact) mass is 473 g/mol. The van der Waals surface area contributed by atoms with E-state index in [1.54, 1.807) is 32.0 Å². The lowest BCUT2D eigenvalue weighted by Crippen LogP contribution is -2.40. The molecule has 0 radical (unpaired) electrons. The summed E-state index contributed by atoms with van der Waals surface area (Å²) >= 11 is 0. The maximum Gasteiger partial charge on any atom is 0.497 e. The zero-order valence-electron chi connectivity index (χ0n) is 19.8. The Hall–Kier alpha value is -3.96. The Morgan fingerprint density at radius 1 is 1.14 bits per heavy atom. The summed E-state index contributed by atoms with van der Waals surface area (Å²) in [5, 5.41) is 21.4. The lowest BCUT2D eigenvalue weighted by molar-refractivity contribution is 0.209. The zero-order chi connectivity index (χ0) is 24.7. The molecular formula is C24H24BN5O5. The van der Waals surface area contributed by atoms with Crippen molar-refractivity contribution in [1.29, 1.82) is 0 Å². The largest absolute Gasteiger partial charge is 0.497 e. The summed E-state index contributed by atoms with van der Waals surface area (Å²) in [6.45, 7) is 5.22. The van der Waals surface area contributed by atoms with Gasteiger partial charge in [0.2, 0.25) is 0 Å². The van der Waals surface area contributed by atoms with Crippen LogP contribution in [0.3, 0.4) is 0 Å². The second-order valence-electron chi connectivity index (χ2n) is 8.48. The van der Waals surface area contributed by atoms with Gasteiger partial charge in [-0.1, -0.05) is 40.6 Å². The predicted molar refractivity (Wildman–Crippen MR) is 128 cm³/mol. The summed E-state index contributed by atoms with van der Waals surface area (Å²) in [5.74, 6) is 0.906. The first kappa shape index (κ1) is 22.8. The number of urea groups is 1. The Morgan fingerprint density at radius 2 is 1.89 bits per heavy atom. The van der Waals surface area contributed by atoms with E-state index in [9.17, 15) is 9.82 Å². The third-order valence-corrected chi connectivity index (χ3v) is 6.19. The molecule has 4 heterocycles. The van der Waals surface area contributed by atoms with Crippen LogP contribution in [-0.2, 0) is 11.3 Å². The highest BCUT2D eigenvalue weighted by atomic mass is 16.5. The van der Waals surface area contributed by atoms with E-state index in [1.165, 1.54) is 0 Å². The van der Waals surface area contributed by atoms with Crippen LogP contribution in [0.15, 0.2) is 51.6 Å². The van der Waals surface area contributed by atoms with E-state index in [-0.39, 0.29) is 18.7 Å². The molecule has 2 amide bonds. The van der Waals surface area contributed by atoms with Gasteiger partial charge in [-0.3, -0.25) is 4.98 Å². The Labute approximate surface area is 202 Å². The van der Waals surface area contributed by atoms with Crippen LogP contribution >= 0.6 is 0 Å². The van der Waals surface area contributed by atoms with E-state index in [1.807, 2.05) is 43.3 Å². The average molecular weight is 473 g/mol. The van der Waals surface area contributed by atoms with Gasteiger partial charge < -0.3 is 28.9 Å². The molecule has 1 aliphatic rings. The molecule has 0 spiro atoms. The van der Waals surface area contributed by atoms with Crippen LogP contribution in [0.25, 0.3) is 11.3 Å². The lowest BCUT2D eigenvalue weighted by Gasteiger charge is -2.35. The highest BCUT2D eigenvalue weighted by molar-refractivity contribution is 6.60. The van der Waals surface area contributed by atoms with Crippen molar-refractivity contribution in [3.63, 3.8) is 0 Å². The first-order valence-electron chi connectivity index (χ1n) is 11.1. The number of hydrogen-bond donors (Lipinski definition) is 2. The standard InChI is InChI=1S/C24H24BN5O5/c1-13-21(20(35-28-13)12-33-25(32)22-14(2)29-34-15(22)3)18-10-17-19(11-26-18)27-24(31)30(4)23(17)16-8-6-5-7-9-16/h5-11,23,32H,12H2,1-4H3,(H,27,31). The minimum absolute atomic E-state index is 0.0427. The Kier molecular flexibility index (Phi) is 5.87. The zero-order valence-corrected chi connectivity index (χ0v) is 19.8. The van der Waals surface area contributed by atoms with Gasteiger partial charge in [0.1, 0.15) is 5.76 Å². The number of amides is 2. The molecule has 3 aromatic heterocycles. The summed E-state index contributed by atoms with van der Waals surface area (Å²) in [5.41, 5.74) is 5.49. The average Bonchev–Trinajstić information content (AvgIpc) is 3.39. The highest BCUT2D eigenvalue weighted by Gasteiger charge is 2.33. The fraction of sp³-hybridized carbons (Fsp3) is 0.250. The number of benzene rings is 1. The summed E-state index contributed by atoms with van der Waals surface area (Å²) in [6, 6.07) is 11.2. The van der Waals surface area contributed by atoms with E-state index >= 15 is 0 Å². The van der Waals surface area contributed by atoms with Crippen LogP contribution in [0.5, 0.6) is 0 Å². The molecule has 0 aliphatic carbocycles. The third-order valence-electron chi connectivity index (χ3n) is 6.19. The molecule has 0 saturated carbocycles. The molecule has 0 bridgehead atoms. The first-order valence-corrected chi connectivity index (χ1v) is 11.1. The van der Waals surface area contributed by atoms with Crippen LogP contribution in [0, 0.1) is 20.8 Å². The molecule has 1 unspecified atom stereocenters. The van der Waals surface area contributed by atoms with Crippen molar-refractivity contribution < 1.29 is 23.5 Å². The van der Waals surface area contributed by atoms with Crippen LogP contribution < -0.4 is 10.8 Å². The van der Waals surface area contributed by atoms with Gasteiger partial charge in [-0.2, -0.15) is 0 Å². The molecule has 2 N–H and O–H groups in total. The van der Waals surface area contributed by atoms with Crippen LogP contribution in [0.1, 0.15) is 40.1 Å². The van der Waals surface area contributed by atoms with Crippen molar-refractivity contribution in [2.24, 2.45) is 0 Å². The number of carbonyl (C=O) groups excluding carboxylic acids is 1. The SMILES string of the molecule is Cc1noc(C)c1B(O)OCc1onc(C)c1-c1cc2c(cn1)NC(=O)N(C)C2c1ccccc1. The van der Waals surface area contributed by atoms with E-state index in [2.05, 4.69) is 20.6 Å². The highest BCUT2D eigenvalue weighted by Crippen LogP contribution is 2.39. The normalized spacial score (nSPS) is 15.2. The number of carbonyl (C=O) groups is 1. The Bertz CT molecular complexity index is 1370. The fourth-order valence-corrected chi connectivity index (χ4v) is 4.43. The van der Waals surface area contributed by atoms with Gasteiger partial charge in [0, 0.05) is 18.1 Å². The topological polar surface area (TPSA) is 127 Å². The molecule has 4 aromatic rings. The van der Waals surface area contributed by atoms with Crippen LogP contribution in [0.2, 0.25) is 0 Å². The number of pyridine rings is 1. The molecule has 1 aliphatic heterocycles. The van der Waals surface area contributed by atoms with Crippen molar-refractivity contribution in [2.45, 2.75) is 33.4 Å². The van der Waals surface area contributed by atoms with Crippen molar-refractivity contribution in [3.05, 3.63) is 76.6 Å². The van der Waals surface area contributed by atoms with E-state index < -0.39 is 7.12 Å². The fourth-order valence-electron chi connectivity index (χ4n) is 4.43. The van der Waals surface area contributed by atoms with Crippen LogP contribution in [0.4, 0.5) is 10.5 Å². The number of rotatable bonds is 6. The van der Waals surface area contributed by atoms with Gasteiger partial charge in [-0.15, -0.1) is 0 Å². The molecule has 11 heteroatoms. The quantitative estimate of drug-likeness (QED) is 0.409. The van der Waals surface area contributed by atoms with Crippen LogP contribution in [-0.4, -0.2) is 45.4 Å². The van der Waals surface area contributed by atoms with Crippen molar-refractivity contribution in [3.8, 4) is 11.3 Å². The van der Waals surface area contributed by atoms with Crippen molar-refractivity contribution >= 4 is 24.3 Å². The van der Waals surface area contributed by atoms with E-state index in [0.717, 1.165) is 11.1 Å². The van der Waals surface area contributed by atoms with Crippen molar-refractivity contribution in [1.82, 2.24) is 20.2 Å². The van der Waals surface area contributed by atoms with Gasteiger partial charge in [-0.25, -0.2) is 4.79 Å². The van der Waals surface area contributed by atoms with Gasteiger partial charge in [-0.05, 0) is 32.4 Å². The molecule has 0 fully saturated rings. The smallest absolute Gasteiger partial charge is 0.423 e. The summed E-state index contributed by atoms with van der Waals surface area (Å²) in [4.78, 5) is 18.8. The number of fused-ring (bicyclic) bond motifs is 1. The molecule has 0 saturated heterocycles. The maximum atomic E-state index is 12.6. The Morgan fingerprint density at radius 3 is 2.60 bits per heavy atom. The molecule has 35 heavy (non-hydrogen) atoms. The molecule has 5 rings (SSSR count). The number of nitrogens with one attached hydrogen (secondary N) is 1. The van der Waals surface area contributed by atoms with Gasteiger partial charge in [0.15, 0.2) is 5.76 Å². The number of aromatic nitrogens is 3. The minimum atomic E-state index is -1.23. The maximum absolute atomic E-state index is 12.6. The molecule has 1 atom stereocenters. The summed E-state index contributed by atoms with van der Waals surface area (Å²) in [7, 11) is 0.526. The number of hydrogen-bond acceptors (Lipinski definition) is 8. The number of aryl methyl sites for hydroxylation is 3. The minimum Gasteiger partial charge on any atom is -0.423 e. The van der Waals surface area contributed by atoms with Crippen molar-refractivity contribution in [2.75, 3.05) is 12.4 Å². The van der Waals surface area contributed by atoms with Gasteiger partial charge in [0.05, 0.1) is 47.2 Å². The molecular weight excluding hydrogens is 449 g/mol. The molecule has 1 aromatic carbocycles. The molecule has 10 nitrogen and oxygen atoms in total.